The molecule has 0 aliphatic rings. The fraction of sp³-hybridized carbons (Fsp3) is 0.0625. The number of benzene rings is 2. The number of halogens is 2. The smallest absolute Gasteiger partial charge is 0.410 e. The topological polar surface area (TPSA) is 141 Å². The average Bonchev–Trinajstić information content (AvgIpc) is 2.63. The number of nitrogens with one attached hydrogen (secondary N) is 1. The number of nitrogens with two attached hydrogens (primary N) is 1. The Morgan fingerprint density at radius 3 is 2.46 bits per heavy atom. The fourth-order valence-corrected chi connectivity index (χ4v) is 2.32. The van der Waals surface area contributed by atoms with E-state index in [4.69, 9.17) is 33.7 Å². The Kier molecular flexibility index (Phi) is 7.55. The van der Waals surface area contributed by atoms with Gasteiger partial charge in [0, 0.05) is 5.56 Å². The third-order valence-electron chi connectivity index (χ3n) is 3.05. The van der Waals surface area contributed by atoms with E-state index in [2.05, 4.69) is 20.4 Å². The van der Waals surface area contributed by atoms with Crippen LogP contribution in [0.2, 0.25) is 10.0 Å². The van der Waals surface area contributed by atoms with Gasteiger partial charge in [-0.25, -0.2) is 4.79 Å². The van der Waals surface area contributed by atoms with E-state index < -0.39 is 11.2 Å². The quantitative estimate of drug-likeness (QED) is 0.315. The van der Waals surface area contributed by atoms with Crippen LogP contribution < -0.4 is 15.8 Å². The van der Waals surface area contributed by atoms with Crippen LogP contribution in [-0.4, -0.2) is 23.4 Å². The lowest BCUT2D eigenvalue weighted by Crippen LogP contribution is -2.38. The van der Waals surface area contributed by atoms with E-state index in [1.54, 1.807) is 18.2 Å². The highest BCUT2D eigenvalue weighted by atomic mass is 35.5. The molecule has 2 rings (SSSR count). The zero-order chi connectivity index (χ0) is 20.5. The number of hydrogen-bond donors (Lipinski definition) is 2. The van der Waals surface area contributed by atoms with Gasteiger partial charge in [0.15, 0.2) is 0 Å². The average molecular weight is 426 g/mol. The summed E-state index contributed by atoms with van der Waals surface area (Å²) in [5.41, 5.74) is 6.51. The van der Waals surface area contributed by atoms with Crippen molar-refractivity contribution in [1.82, 2.24) is 5.32 Å². The van der Waals surface area contributed by atoms with Gasteiger partial charge in [0.1, 0.15) is 12.4 Å². The third-order valence-corrected chi connectivity index (χ3v) is 3.71. The van der Waals surface area contributed by atoms with Crippen molar-refractivity contribution in [3.05, 3.63) is 73.8 Å². The Balaban J connectivity index is 1.89. The fourth-order valence-electron chi connectivity index (χ4n) is 1.83. The van der Waals surface area contributed by atoms with Crippen LogP contribution in [-0.2, 0) is 11.4 Å². The molecule has 0 fully saturated rings. The molecule has 12 heteroatoms. The van der Waals surface area contributed by atoms with Gasteiger partial charge in [-0.3, -0.25) is 5.32 Å². The lowest BCUT2D eigenvalue weighted by molar-refractivity contribution is -0.763. The summed E-state index contributed by atoms with van der Waals surface area (Å²) in [5, 5.41) is 19.5. The molecule has 28 heavy (non-hydrogen) atoms. The zero-order valence-corrected chi connectivity index (χ0v) is 15.6. The SMILES string of the molecule is N/C(=N\N=C\c1c(Cl)cccc1Cl)NC(=O)Oc1ccc(CO[N+](=O)[O-])cc1. The van der Waals surface area contributed by atoms with Gasteiger partial charge >= 0.3 is 6.09 Å². The summed E-state index contributed by atoms with van der Waals surface area (Å²) in [6.45, 7) is -0.216. The van der Waals surface area contributed by atoms with E-state index in [1.165, 1.54) is 30.5 Å². The molecule has 0 saturated heterocycles. The first-order valence-electron chi connectivity index (χ1n) is 7.50. The first-order valence-corrected chi connectivity index (χ1v) is 8.26. The summed E-state index contributed by atoms with van der Waals surface area (Å²) in [7, 11) is 0. The van der Waals surface area contributed by atoms with Crippen LogP contribution >= 0.6 is 23.2 Å². The van der Waals surface area contributed by atoms with Crippen molar-refractivity contribution >= 4 is 41.5 Å². The molecule has 0 aliphatic heterocycles. The Morgan fingerprint density at radius 1 is 1.21 bits per heavy atom. The van der Waals surface area contributed by atoms with E-state index in [-0.39, 0.29) is 18.3 Å². The van der Waals surface area contributed by atoms with Crippen molar-refractivity contribution in [3.63, 3.8) is 0 Å². The molecule has 1 amide bonds. The number of rotatable bonds is 6. The normalized spacial score (nSPS) is 11.3. The van der Waals surface area contributed by atoms with Gasteiger partial charge < -0.3 is 15.3 Å². The van der Waals surface area contributed by atoms with Gasteiger partial charge in [0.05, 0.1) is 16.3 Å². The van der Waals surface area contributed by atoms with E-state index in [1.807, 2.05) is 0 Å². The summed E-state index contributed by atoms with van der Waals surface area (Å²) in [6.07, 6.45) is 0.387. The molecule has 0 aromatic heterocycles. The second-order valence-corrected chi connectivity index (χ2v) is 5.84. The highest BCUT2D eigenvalue weighted by Crippen LogP contribution is 2.22. The van der Waals surface area contributed by atoms with Crippen LogP contribution in [0.3, 0.4) is 0 Å². The van der Waals surface area contributed by atoms with Crippen LogP contribution in [0.5, 0.6) is 5.75 Å². The van der Waals surface area contributed by atoms with Crippen molar-refractivity contribution < 1.29 is 19.5 Å². The number of amides is 1. The summed E-state index contributed by atoms with van der Waals surface area (Å²) < 4.78 is 4.99. The number of carbonyl (C=O) groups is 1. The van der Waals surface area contributed by atoms with Crippen molar-refractivity contribution in [2.24, 2.45) is 15.9 Å². The molecule has 0 radical (unpaired) electrons. The minimum atomic E-state index is -0.901. The third kappa shape index (κ3) is 6.74. The number of guanidine groups is 1. The van der Waals surface area contributed by atoms with Gasteiger partial charge in [0.25, 0.3) is 5.09 Å². The van der Waals surface area contributed by atoms with Crippen molar-refractivity contribution in [2.45, 2.75) is 6.61 Å². The van der Waals surface area contributed by atoms with Gasteiger partial charge in [-0.05, 0) is 29.8 Å². The predicted octanol–water partition coefficient (Wildman–Crippen LogP) is 3.14. The summed E-state index contributed by atoms with van der Waals surface area (Å²) >= 11 is 12.0. The first kappa shape index (κ1) is 20.9. The number of hydrogen-bond acceptors (Lipinski definition) is 7. The van der Waals surface area contributed by atoms with Gasteiger partial charge in [-0.1, -0.05) is 41.4 Å². The Bertz CT molecular complexity index is 898. The number of nitrogens with zero attached hydrogens (tertiary/aromatic N) is 3. The molecule has 3 N–H and O–H groups in total. The maximum Gasteiger partial charge on any atom is 0.419 e. The molecule has 146 valence electrons. The summed E-state index contributed by atoms with van der Waals surface area (Å²) in [5.74, 6) is -0.137. The molecule has 0 heterocycles. The minimum absolute atomic E-state index is 0.182. The highest BCUT2D eigenvalue weighted by molar-refractivity contribution is 6.38. The van der Waals surface area contributed by atoms with E-state index in [0.29, 0.717) is 21.2 Å². The van der Waals surface area contributed by atoms with Gasteiger partial charge in [-0.2, -0.15) is 5.10 Å². The molecule has 2 aromatic carbocycles. The molecule has 2 aromatic rings. The maximum atomic E-state index is 11.8. The lowest BCUT2D eigenvalue weighted by Gasteiger charge is -2.06. The number of ether oxygens (including phenoxy) is 1. The Labute approximate surface area is 168 Å². The van der Waals surface area contributed by atoms with Crippen LogP contribution in [0.4, 0.5) is 4.79 Å². The lowest BCUT2D eigenvalue weighted by atomic mass is 10.2. The van der Waals surface area contributed by atoms with Gasteiger partial charge in [0.2, 0.25) is 5.96 Å². The Hall–Kier alpha value is -3.37. The number of carbonyl (C=O) groups excluding carboxylic acids is 1. The van der Waals surface area contributed by atoms with Crippen molar-refractivity contribution in [3.8, 4) is 5.75 Å². The van der Waals surface area contributed by atoms with E-state index >= 15 is 0 Å². The molecule has 0 spiro atoms. The minimum Gasteiger partial charge on any atom is -0.410 e. The van der Waals surface area contributed by atoms with Crippen LogP contribution in [0.1, 0.15) is 11.1 Å². The van der Waals surface area contributed by atoms with Crippen molar-refractivity contribution in [2.75, 3.05) is 0 Å². The molecule has 0 bridgehead atoms. The van der Waals surface area contributed by atoms with Crippen LogP contribution in [0.25, 0.3) is 0 Å². The monoisotopic (exact) mass is 425 g/mol. The molecular formula is C16H13Cl2N5O5. The zero-order valence-electron chi connectivity index (χ0n) is 14.0. The Morgan fingerprint density at radius 2 is 1.86 bits per heavy atom. The molecule has 0 saturated carbocycles. The largest absolute Gasteiger partial charge is 0.419 e. The predicted molar refractivity (Wildman–Crippen MR) is 103 cm³/mol. The van der Waals surface area contributed by atoms with Crippen LogP contribution in [0.15, 0.2) is 52.7 Å². The van der Waals surface area contributed by atoms with Crippen LogP contribution in [0, 0.1) is 10.1 Å². The molecular weight excluding hydrogens is 413 g/mol. The molecule has 0 aliphatic carbocycles. The molecule has 10 nitrogen and oxygen atoms in total. The molecule has 0 unspecified atom stereocenters. The molecule has 0 atom stereocenters. The summed E-state index contributed by atoms with van der Waals surface area (Å²) in [4.78, 5) is 26.1. The second kappa shape index (κ2) is 10.1. The first-order chi connectivity index (χ1) is 13.3. The maximum absolute atomic E-state index is 11.8. The highest BCUT2D eigenvalue weighted by Gasteiger charge is 2.07. The standard InChI is InChI=1S/C16H13Cl2N5O5/c17-13-2-1-3-14(18)12(13)8-20-22-15(19)21-16(24)28-11-6-4-10(5-7-11)9-27-23(25)26/h1-8H,9H2,(H3,19,21,22,24)/b20-8+. The van der Waals surface area contributed by atoms with E-state index in [9.17, 15) is 14.9 Å². The summed E-state index contributed by atoms with van der Waals surface area (Å²) in [6, 6.07) is 10.8. The second-order valence-electron chi connectivity index (χ2n) is 5.02. The van der Waals surface area contributed by atoms with Crippen molar-refractivity contribution in [1.29, 1.82) is 0 Å². The van der Waals surface area contributed by atoms with E-state index in [0.717, 1.165) is 0 Å². The van der Waals surface area contributed by atoms with Gasteiger partial charge in [-0.15, -0.1) is 15.2 Å².